The van der Waals surface area contributed by atoms with Crippen LogP contribution in [0.2, 0.25) is 0 Å². The van der Waals surface area contributed by atoms with E-state index in [1.807, 2.05) is 19.1 Å². The number of fused-ring (bicyclic) bond motifs is 2. The van der Waals surface area contributed by atoms with Crippen LogP contribution in [0.3, 0.4) is 0 Å². The van der Waals surface area contributed by atoms with Gasteiger partial charge in [0, 0.05) is 12.8 Å². The number of hydrogen-bond donors (Lipinski definition) is 1. The quantitative estimate of drug-likeness (QED) is 0.193. The minimum absolute atomic E-state index is 0.0201. The van der Waals surface area contributed by atoms with E-state index in [1.54, 1.807) is 12.1 Å². The summed E-state index contributed by atoms with van der Waals surface area (Å²) in [4.78, 5) is 26.0. The second-order valence-corrected chi connectivity index (χ2v) is 10.5. The van der Waals surface area contributed by atoms with Crippen LogP contribution in [0.15, 0.2) is 36.4 Å². The van der Waals surface area contributed by atoms with Gasteiger partial charge in [0.2, 0.25) is 0 Å². The van der Waals surface area contributed by atoms with Crippen molar-refractivity contribution in [3.8, 4) is 0 Å². The van der Waals surface area contributed by atoms with E-state index < -0.39 is 12.2 Å². The third-order valence-corrected chi connectivity index (χ3v) is 8.24. The molecule has 0 spiro atoms. The van der Waals surface area contributed by atoms with E-state index in [4.69, 9.17) is 9.47 Å². The van der Waals surface area contributed by atoms with E-state index in [0.717, 1.165) is 50.5 Å². The Morgan fingerprint density at radius 3 is 2.56 bits per heavy atom. The minimum atomic E-state index is -0.684. The van der Waals surface area contributed by atoms with Gasteiger partial charge in [-0.15, -0.1) is 0 Å². The predicted molar refractivity (Wildman–Crippen MR) is 138 cm³/mol. The van der Waals surface area contributed by atoms with Gasteiger partial charge in [0.05, 0.1) is 19.1 Å². The van der Waals surface area contributed by atoms with Crippen LogP contribution in [0.1, 0.15) is 89.5 Å². The number of esters is 2. The summed E-state index contributed by atoms with van der Waals surface area (Å²) >= 11 is 0. The van der Waals surface area contributed by atoms with Crippen molar-refractivity contribution in [3.05, 3.63) is 47.8 Å². The Balaban J connectivity index is 1.71. The number of ether oxygens (including phenoxy) is 2. The molecule has 7 atom stereocenters. The zero-order chi connectivity index (χ0) is 26.1. The lowest BCUT2D eigenvalue weighted by atomic mass is 9.63. The Morgan fingerprint density at radius 1 is 1.14 bits per heavy atom. The molecule has 5 unspecified atom stereocenters. The summed E-state index contributed by atoms with van der Waals surface area (Å²) in [5.41, 5.74) is 0.947. The molecular weight excluding hydrogens is 459 g/mol. The molecular formula is C30H43FO5. The highest BCUT2D eigenvalue weighted by Crippen LogP contribution is 2.56. The van der Waals surface area contributed by atoms with Crippen molar-refractivity contribution in [2.24, 2.45) is 23.7 Å². The van der Waals surface area contributed by atoms with Gasteiger partial charge in [-0.2, -0.15) is 0 Å². The van der Waals surface area contributed by atoms with Gasteiger partial charge in [0.15, 0.2) is 0 Å². The van der Waals surface area contributed by atoms with Crippen molar-refractivity contribution < 1.29 is 28.6 Å². The molecule has 0 saturated heterocycles. The lowest BCUT2D eigenvalue weighted by Crippen LogP contribution is -2.40. The molecule has 200 valence electrons. The van der Waals surface area contributed by atoms with E-state index in [-0.39, 0.29) is 47.8 Å². The fraction of sp³-hybridized carbons (Fsp3) is 0.667. The lowest BCUT2D eigenvalue weighted by molar-refractivity contribution is -0.160. The second-order valence-electron chi connectivity index (χ2n) is 10.5. The predicted octanol–water partition coefficient (Wildman–Crippen LogP) is 6.34. The van der Waals surface area contributed by atoms with Crippen molar-refractivity contribution in [2.75, 3.05) is 7.11 Å². The lowest BCUT2D eigenvalue weighted by Gasteiger charge is -2.40. The molecule has 6 heteroatoms. The maximum atomic E-state index is 13.5. The Kier molecular flexibility index (Phi) is 11.0. The van der Waals surface area contributed by atoms with Crippen molar-refractivity contribution in [3.63, 3.8) is 0 Å². The molecule has 1 aromatic carbocycles. The Hall–Kier alpha value is -2.21. The van der Waals surface area contributed by atoms with Gasteiger partial charge in [0.1, 0.15) is 11.9 Å². The van der Waals surface area contributed by atoms with Crippen LogP contribution in [-0.2, 0) is 19.1 Å². The maximum absolute atomic E-state index is 13.5. The summed E-state index contributed by atoms with van der Waals surface area (Å²) < 4.78 is 24.6. The highest BCUT2D eigenvalue weighted by molar-refractivity contribution is 5.75. The van der Waals surface area contributed by atoms with Gasteiger partial charge in [-0.3, -0.25) is 9.59 Å². The molecule has 2 aliphatic carbocycles. The van der Waals surface area contributed by atoms with E-state index in [1.165, 1.54) is 19.2 Å². The zero-order valence-corrected chi connectivity index (χ0v) is 22.0. The Bertz CT molecular complexity index is 867. The first-order chi connectivity index (χ1) is 17.4. The number of aliphatic hydroxyl groups is 1. The largest absolute Gasteiger partial charge is 0.469 e. The molecule has 0 heterocycles. The summed E-state index contributed by atoms with van der Waals surface area (Å²) in [7, 11) is 1.41. The van der Waals surface area contributed by atoms with Crippen LogP contribution >= 0.6 is 0 Å². The summed E-state index contributed by atoms with van der Waals surface area (Å²) in [6, 6.07) is 6.40. The van der Waals surface area contributed by atoms with Crippen LogP contribution < -0.4 is 0 Å². The molecule has 2 aliphatic rings. The number of halogens is 1. The number of methoxy groups -OCH3 is 1. The number of benzene rings is 1. The van der Waals surface area contributed by atoms with Gasteiger partial charge < -0.3 is 14.6 Å². The number of hydrogen-bond acceptors (Lipinski definition) is 5. The standard InChI is InChI=1S/C30H43FO5/c1-4-6-8-10-26(32)27(11-9-7-5-2)36-28(33)19-24-21-14-17-23(24)29(30(34)35-3)25(18-21)20-12-15-22(31)16-13-20/h7,9,12-13,15-16,21,23-27,29,32H,4-6,8,10-11,14,17-19H2,1-3H3/b9-7-/t21?,23?,24?,25?,26-,27-,29?/m0/s1. The monoisotopic (exact) mass is 502 g/mol. The average Bonchev–Trinajstić information content (AvgIpc) is 3.13. The smallest absolute Gasteiger partial charge is 0.309 e. The minimum Gasteiger partial charge on any atom is -0.469 e. The number of unbranched alkanes of at least 4 members (excludes halogenated alkanes) is 2. The average molecular weight is 503 g/mol. The normalized spacial score (nSPS) is 27.1. The van der Waals surface area contributed by atoms with Gasteiger partial charge >= 0.3 is 11.9 Å². The first kappa shape index (κ1) is 28.4. The molecule has 1 aromatic rings. The molecule has 0 aromatic heterocycles. The number of aliphatic hydroxyl groups excluding tert-OH is 1. The highest BCUT2D eigenvalue weighted by Gasteiger charge is 2.52. The van der Waals surface area contributed by atoms with E-state index >= 15 is 0 Å². The SMILES string of the molecule is CC/C=C\C[C@H](OC(=O)CC1C2CCC1C(C(=O)OC)C(c1ccc(F)cc1)C2)[C@@H](O)CCCCC. The van der Waals surface area contributed by atoms with Crippen molar-refractivity contribution in [1.82, 2.24) is 0 Å². The van der Waals surface area contributed by atoms with Crippen LogP contribution in [0.25, 0.3) is 0 Å². The highest BCUT2D eigenvalue weighted by atomic mass is 19.1. The Morgan fingerprint density at radius 2 is 1.89 bits per heavy atom. The summed E-state index contributed by atoms with van der Waals surface area (Å²) in [5.74, 6) is -0.907. The Labute approximate surface area is 215 Å². The van der Waals surface area contributed by atoms with Crippen LogP contribution in [0, 0.1) is 29.5 Å². The molecule has 2 bridgehead atoms. The number of rotatable bonds is 13. The summed E-state index contributed by atoms with van der Waals surface area (Å²) in [6.45, 7) is 4.17. The molecule has 0 radical (unpaired) electrons. The van der Waals surface area contributed by atoms with Crippen molar-refractivity contribution >= 4 is 11.9 Å². The van der Waals surface area contributed by atoms with Gasteiger partial charge in [-0.05, 0) is 73.5 Å². The van der Waals surface area contributed by atoms with Crippen molar-refractivity contribution in [1.29, 1.82) is 0 Å². The number of allylic oxidation sites excluding steroid dienone is 1. The topological polar surface area (TPSA) is 72.8 Å². The van der Waals surface area contributed by atoms with Crippen LogP contribution in [0.4, 0.5) is 4.39 Å². The zero-order valence-electron chi connectivity index (χ0n) is 22.0. The first-order valence-corrected chi connectivity index (χ1v) is 13.7. The molecule has 3 rings (SSSR count). The molecule has 5 nitrogen and oxygen atoms in total. The molecule has 36 heavy (non-hydrogen) atoms. The van der Waals surface area contributed by atoms with Crippen LogP contribution in [0.5, 0.6) is 0 Å². The summed E-state index contributed by atoms with van der Waals surface area (Å²) in [5, 5.41) is 10.7. The third-order valence-electron chi connectivity index (χ3n) is 8.24. The van der Waals surface area contributed by atoms with Crippen molar-refractivity contribution in [2.45, 2.75) is 96.2 Å². The van der Waals surface area contributed by atoms with Crippen LogP contribution in [-0.4, -0.2) is 36.4 Å². The number of carbonyl (C=O) groups is 2. The molecule has 1 N–H and O–H groups in total. The van der Waals surface area contributed by atoms with Gasteiger partial charge in [0.25, 0.3) is 0 Å². The molecule has 0 amide bonds. The molecule has 2 saturated carbocycles. The summed E-state index contributed by atoms with van der Waals surface area (Å²) in [6.07, 6.45) is 10.6. The fourth-order valence-corrected chi connectivity index (χ4v) is 6.42. The van der Waals surface area contributed by atoms with E-state index in [0.29, 0.717) is 18.8 Å². The van der Waals surface area contributed by atoms with E-state index in [9.17, 15) is 19.1 Å². The second kappa shape index (κ2) is 13.9. The van der Waals surface area contributed by atoms with E-state index in [2.05, 4.69) is 6.92 Å². The van der Waals surface area contributed by atoms with Gasteiger partial charge in [-0.1, -0.05) is 57.4 Å². The maximum Gasteiger partial charge on any atom is 0.309 e. The van der Waals surface area contributed by atoms with Gasteiger partial charge in [-0.25, -0.2) is 4.39 Å². The molecule has 0 aliphatic heterocycles. The third kappa shape index (κ3) is 7.18. The molecule has 2 fully saturated rings. The first-order valence-electron chi connectivity index (χ1n) is 13.7. The fourth-order valence-electron chi connectivity index (χ4n) is 6.42. The number of carbonyl (C=O) groups excluding carboxylic acids is 2.